The zero-order chi connectivity index (χ0) is 20.7. The molecule has 2 rings (SSSR count). The highest BCUT2D eigenvalue weighted by molar-refractivity contribution is 5.80. The van der Waals surface area contributed by atoms with Gasteiger partial charge in [-0.15, -0.1) is 0 Å². The second kappa shape index (κ2) is 9.96. The SMILES string of the molecule is COc1ccc(CC(=O)N2CCCC(N(CC(=O)O)C(C)=O)CC2)cc1OC. The van der Waals surface area contributed by atoms with Crippen molar-refractivity contribution in [1.29, 1.82) is 0 Å². The van der Waals surface area contributed by atoms with Crippen molar-refractivity contribution in [3.63, 3.8) is 0 Å². The van der Waals surface area contributed by atoms with Crippen molar-refractivity contribution in [2.45, 2.75) is 38.6 Å². The van der Waals surface area contributed by atoms with Crippen LogP contribution in [0.25, 0.3) is 0 Å². The molecule has 0 radical (unpaired) electrons. The number of ether oxygens (including phenoxy) is 2. The summed E-state index contributed by atoms with van der Waals surface area (Å²) in [6.45, 7) is 2.18. The van der Waals surface area contributed by atoms with E-state index in [-0.39, 0.29) is 30.8 Å². The number of carbonyl (C=O) groups is 3. The van der Waals surface area contributed by atoms with Crippen molar-refractivity contribution in [1.82, 2.24) is 9.80 Å². The summed E-state index contributed by atoms with van der Waals surface area (Å²) in [7, 11) is 3.11. The van der Waals surface area contributed by atoms with E-state index in [1.807, 2.05) is 6.07 Å². The summed E-state index contributed by atoms with van der Waals surface area (Å²) in [6.07, 6.45) is 2.24. The Morgan fingerprint density at radius 2 is 1.86 bits per heavy atom. The third-order valence-electron chi connectivity index (χ3n) is 5.00. The van der Waals surface area contributed by atoms with Crippen molar-refractivity contribution in [3.05, 3.63) is 23.8 Å². The molecule has 1 saturated heterocycles. The van der Waals surface area contributed by atoms with Crippen LogP contribution in [0, 0.1) is 0 Å². The molecule has 0 aliphatic carbocycles. The summed E-state index contributed by atoms with van der Waals surface area (Å²) in [6, 6.07) is 5.25. The first-order valence-corrected chi connectivity index (χ1v) is 9.33. The fourth-order valence-corrected chi connectivity index (χ4v) is 3.56. The molecule has 8 nitrogen and oxygen atoms in total. The number of likely N-dealkylation sites (tertiary alicyclic amines) is 1. The van der Waals surface area contributed by atoms with Gasteiger partial charge >= 0.3 is 5.97 Å². The molecule has 8 heteroatoms. The molecular formula is C20H28N2O6. The van der Waals surface area contributed by atoms with Gasteiger partial charge in [0.2, 0.25) is 11.8 Å². The van der Waals surface area contributed by atoms with Gasteiger partial charge < -0.3 is 24.4 Å². The summed E-state index contributed by atoms with van der Waals surface area (Å²) in [5.41, 5.74) is 0.833. The van der Waals surface area contributed by atoms with Crippen LogP contribution in [-0.2, 0) is 20.8 Å². The first kappa shape index (κ1) is 21.5. The Bertz CT molecular complexity index is 721. The normalized spacial score (nSPS) is 16.8. The third kappa shape index (κ3) is 5.61. The minimum absolute atomic E-state index is 0.000444. The molecule has 1 N–H and O–H groups in total. The van der Waals surface area contributed by atoms with Gasteiger partial charge in [0.1, 0.15) is 6.54 Å². The van der Waals surface area contributed by atoms with Gasteiger partial charge in [0.05, 0.1) is 20.6 Å². The summed E-state index contributed by atoms with van der Waals surface area (Å²) in [5, 5.41) is 9.04. The number of methoxy groups -OCH3 is 2. The molecule has 1 aliphatic heterocycles. The Balaban J connectivity index is 2.00. The standard InChI is InChI=1S/C20H28N2O6/c1-14(23)22(13-20(25)26)16-5-4-9-21(10-8-16)19(24)12-15-6-7-17(27-2)18(11-15)28-3/h6-7,11,16H,4-5,8-10,12-13H2,1-3H3,(H,25,26). The number of nitrogens with zero attached hydrogens (tertiary/aromatic N) is 2. The fraction of sp³-hybridized carbons (Fsp3) is 0.550. The molecule has 28 heavy (non-hydrogen) atoms. The van der Waals surface area contributed by atoms with E-state index in [0.717, 1.165) is 12.0 Å². The Kier molecular flexibility index (Phi) is 7.66. The maximum absolute atomic E-state index is 12.7. The van der Waals surface area contributed by atoms with Crippen molar-refractivity contribution < 1.29 is 29.0 Å². The number of carboxylic acids is 1. The predicted octanol–water partition coefficient (Wildman–Crippen LogP) is 1.56. The molecule has 0 bridgehead atoms. The number of aliphatic carboxylic acids is 1. The number of amides is 2. The van der Waals surface area contributed by atoms with Gasteiger partial charge in [-0.25, -0.2) is 0 Å². The van der Waals surface area contributed by atoms with Crippen LogP contribution in [0.15, 0.2) is 18.2 Å². The van der Waals surface area contributed by atoms with Crippen LogP contribution < -0.4 is 9.47 Å². The minimum atomic E-state index is -1.03. The lowest BCUT2D eigenvalue weighted by molar-refractivity contribution is -0.145. The van der Waals surface area contributed by atoms with Crippen LogP contribution in [0.2, 0.25) is 0 Å². The first-order valence-electron chi connectivity index (χ1n) is 9.33. The van der Waals surface area contributed by atoms with Gasteiger partial charge in [-0.2, -0.15) is 0 Å². The van der Waals surface area contributed by atoms with E-state index in [9.17, 15) is 14.4 Å². The highest BCUT2D eigenvalue weighted by atomic mass is 16.5. The number of carbonyl (C=O) groups excluding carboxylic acids is 2. The molecule has 1 aliphatic rings. The molecule has 1 heterocycles. The molecule has 1 aromatic carbocycles. The van der Waals surface area contributed by atoms with Crippen LogP contribution >= 0.6 is 0 Å². The van der Waals surface area contributed by atoms with Crippen LogP contribution in [0.5, 0.6) is 11.5 Å². The van der Waals surface area contributed by atoms with Crippen molar-refractivity contribution in [3.8, 4) is 11.5 Å². The summed E-state index contributed by atoms with van der Waals surface area (Å²) in [5.74, 6) is -0.0904. The second-order valence-corrected chi connectivity index (χ2v) is 6.87. The van der Waals surface area contributed by atoms with Gasteiger partial charge in [0, 0.05) is 26.1 Å². The van der Waals surface area contributed by atoms with E-state index in [1.165, 1.54) is 11.8 Å². The Morgan fingerprint density at radius 3 is 2.46 bits per heavy atom. The Morgan fingerprint density at radius 1 is 1.14 bits per heavy atom. The first-order chi connectivity index (χ1) is 13.3. The molecule has 1 fully saturated rings. The van der Waals surface area contributed by atoms with Crippen molar-refractivity contribution >= 4 is 17.8 Å². The Hall–Kier alpha value is -2.77. The molecule has 1 atom stereocenters. The van der Waals surface area contributed by atoms with Crippen LogP contribution in [0.3, 0.4) is 0 Å². The second-order valence-electron chi connectivity index (χ2n) is 6.87. The van der Waals surface area contributed by atoms with Crippen molar-refractivity contribution in [2.24, 2.45) is 0 Å². The van der Waals surface area contributed by atoms with Gasteiger partial charge in [0.15, 0.2) is 11.5 Å². The molecule has 154 valence electrons. The fourth-order valence-electron chi connectivity index (χ4n) is 3.56. The molecular weight excluding hydrogens is 364 g/mol. The molecule has 0 aromatic heterocycles. The molecule has 0 spiro atoms. The van der Waals surface area contributed by atoms with E-state index in [1.54, 1.807) is 31.3 Å². The van der Waals surface area contributed by atoms with E-state index in [0.29, 0.717) is 37.4 Å². The number of rotatable bonds is 7. The van der Waals surface area contributed by atoms with Gasteiger partial charge in [0.25, 0.3) is 0 Å². The van der Waals surface area contributed by atoms with Crippen LogP contribution in [-0.4, -0.2) is 72.6 Å². The molecule has 1 aromatic rings. The maximum atomic E-state index is 12.7. The van der Waals surface area contributed by atoms with E-state index < -0.39 is 5.97 Å². The topological polar surface area (TPSA) is 96.4 Å². The van der Waals surface area contributed by atoms with Crippen LogP contribution in [0.4, 0.5) is 0 Å². The number of carboxylic acid groups (broad SMARTS) is 1. The number of hydrogen-bond donors (Lipinski definition) is 1. The highest BCUT2D eigenvalue weighted by Crippen LogP contribution is 2.28. The zero-order valence-corrected chi connectivity index (χ0v) is 16.6. The van der Waals surface area contributed by atoms with Gasteiger partial charge in [-0.1, -0.05) is 6.07 Å². The Labute approximate surface area is 165 Å². The summed E-state index contributed by atoms with van der Waals surface area (Å²) in [4.78, 5) is 38.8. The number of hydrogen-bond acceptors (Lipinski definition) is 5. The average molecular weight is 392 g/mol. The largest absolute Gasteiger partial charge is 0.493 e. The van der Waals surface area contributed by atoms with Gasteiger partial charge in [-0.3, -0.25) is 14.4 Å². The summed E-state index contributed by atoms with van der Waals surface area (Å²) >= 11 is 0. The summed E-state index contributed by atoms with van der Waals surface area (Å²) < 4.78 is 10.5. The van der Waals surface area contributed by atoms with Gasteiger partial charge in [-0.05, 0) is 37.0 Å². The number of benzene rings is 1. The molecule has 2 amide bonds. The molecule has 1 unspecified atom stereocenters. The lowest BCUT2D eigenvalue weighted by Crippen LogP contribution is -2.43. The lowest BCUT2D eigenvalue weighted by Gasteiger charge is -2.28. The smallest absolute Gasteiger partial charge is 0.323 e. The highest BCUT2D eigenvalue weighted by Gasteiger charge is 2.27. The average Bonchev–Trinajstić information content (AvgIpc) is 2.91. The minimum Gasteiger partial charge on any atom is -0.493 e. The van der Waals surface area contributed by atoms with Crippen LogP contribution in [0.1, 0.15) is 31.7 Å². The lowest BCUT2D eigenvalue weighted by atomic mass is 10.1. The quantitative estimate of drug-likeness (QED) is 0.757. The van der Waals surface area contributed by atoms with Crippen molar-refractivity contribution in [2.75, 3.05) is 33.9 Å². The third-order valence-corrected chi connectivity index (χ3v) is 5.00. The van der Waals surface area contributed by atoms with E-state index in [4.69, 9.17) is 14.6 Å². The zero-order valence-electron chi connectivity index (χ0n) is 16.6. The van der Waals surface area contributed by atoms with E-state index >= 15 is 0 Å². The molecule has 0 saturated carbocycles. The maximum Gasteiger partial charge on any atom is 0.323 e. The van der Waals surface area contributed by atoms with E-state index in [2.05, 4.69) is 0 Å². The predicted molar refractivity (Wildman–Crippen MR) is 102 cm³/mol. The monoisotopic (exact) mass is 392 g/mol.